The largest absolute Gasteiger partial charge is 0.494 e. The number of benzene rings is 2. The van der Waals surface area contributed by atoms with Gasteiger partial charge < -0.3 is 14.4 Å². The molecule has 0 bridgehead atoms. The van der Waals surface area contributed by atoms with Crippen molar-refractivity contribution in [3.8, 4) is 11.8 Å². The zero-order chi connectivity index (χ0) is 21.3. The lowest BCUT2D eigenvalue weighted by molar-refractivity contribution is -0.176. The van der Waals surface area contributed by atoms with Gasteiger partial charge in [-0.1, -0.05) is 12.1 Å². The Bertz CT molecular complexity index is 828. The molecular weight excluding hydrogens is 385 g/mol. The SMILES string of the molecule is CCOc1ccc(N(CCC#N)C(=O)c2ccc(COCC(F)(F)F)cc2)cc1. The van der Waals surface area contributed by atoms with Crippen LogP contribution in [0.1, 0.15) is 29.3 Å². The van der Waals surface area contributed by atoms with Crippen LogP contribution in [0.5, 0.6) is 5.75 Å². The molecule has 0 aliphatic carbocycles. The van der Waals surface area contributed by atoms with Crippen molar-refractivity contribution in [2.24, 2.45) is 0 Å². The minimum absolute atomic E-state index is 0.155. The van der Waals surface area contributed by atoms with Gasteiger partial charge in [0, 0.05) is 17.8 Å². The monoisotopic (exact) mass is 406 g/mol. The summed E-state index contributed by atoms with van der Waals surface area (Å²) in [6.45, 7) is 1.07. The van der Waals surface area contributed by atoms with E-state index in [1.807, 2.05) is 13.0 Å². The number of nitrogens with zero attached hydrogens (tertiary/aromatic N) is 2. The minimum Gasteiger partial charge on any atom is -0.494 e. The molecule has 0 N–H and O–H groups in total. The van der Waals surface area contributed by atoms with E-state index < -0.39 is 12.8 Å². The first kappa shape index (κ1) is 22.2. The third-order valence-electron chi connectivity index (χ3n) is 3.89. The molecule has 2 aromatic rings. The number of hydrogen-bond donors (Lipinski definition) is 0. The molecule has 0 saturated heterocycles. The first-order valence-corrected chi connectivity index (χ1v) is 8.99. The highest BCUT2D eigenvalue weighted by molar-refractivity contribution is 6.06. The van der Waals surface area contributed by atoms with Crippen LogP contribution in [0.3, 0.4) is 0 Å². The number of ether oxygens (including phenoxy) is 2. The van der Waals surface area contributed by atoms with Crippen LogP contribution in [0, 0.1) is 11.3 Å². The second-order valence-electron chi connectivity index (χ2n) is 6.10. The van der Waals surface area contributed by atoms with Gasteiger partial charge in [0.05, 0.1) is 25.7 Å². The number of halogens is 3. The van der Waals surface area contributed by atoms with Gasteiger partial charge >= 0.3 is 6.18 Å². The Kier molecular flexibility index (Phi) is 8.04. The van der Waals surface area contributed by atoms with E-state index in [1.54, 1.807) is 36.4 Å². The van der Waals surface area contributed by atoms with Crippen molar-refractivity contribution in [1.82, 2.24) is 0 Å². The van der Waals surface area contributed by atoms with Crippen molar-refractivity contribution in [3.63, 3.8) is 0 Å². The maximum Gasteiger partial charge on any atom is 0.411 e. The van der Waals surface area contributed by atoms with Crippen molar-refractivity contribution in [3.05, 3.63) is 59.7 Å². The van der Waals surface area contributed by atoms with Crippen molar-refractivity contribution in [1.29, 1.82) is 5.26 Å². The van der Waals surface area contributed by atoms with E-state index in [0.29, 0.717) is 29.2 Å². The molecule has 0 saturated carbocycles. The fraction of sp³-hybridized carbons (Fsp3) is 0.333. The fourth-order valence-electron chi connectivity index (χ4n) is 2.58. The van der Waals surface area contributed by atoms with E-state index in [0.717, 1.165) is 0 Å². The minimum atomic E-state index is -4.38. The van der Waals surface area contributed by atoms with Crippen LogP contribution in [0.25, 0.3) is 0 Å². The highest BCUT2D eigenvalue weighted by atomic mass is 19.4. The standard InChI is InChI=1S/C21H21F3N2O3/c1-2-29-19-10-8-18(9-11-19)26(13-3-12-25)20(27)17-6-4-16(5-7-17)14-28-15-21(22,23)24/h4-11H,2-3,13-15H2,1H3. The molecule has 8 heteroatoms. The van der Waals surface area contributed by atoms with Gasteiger partial charge in [0.2, 0.25) is 0 Å². The lowest BCUT2D eigenvalue weighted by atomic mass is 10.1. The van der Waals surface area contributed by atoms with Gasteiger partial charge in [0.15, 0.2) is 0 Å². The smallest absolute Gasteiger partial charge is 0.411 e. The Morgan fingerprint density at radius 2 is 1.76 bits per heavy atom. The fourth-order valence-corrected chi connectivity index (χ4v) is 2.58. The molecule has 2 aromatic carbocycles. The first-order valence-electron chi connectivity index (χ1n) is 8.99. The number of carbonyl (C=O) groups excluding carboxylic acids is 1. The van der Waals surface area contributed by atoms with Gasteiger partial charge in [-0.05, 0) is 48.9 Å². The molecule has 1 amide bonds. The molecule has 0 aromatic heterocycles. The number of hydrogen-bond acceptors (Lipinski definition) is 4. The van der Waals surface area contributed by atoms with Crippen LogP contribution < -0.4 is 9.64 Å². The topological polar surface area (TPSA) is 62.6 Å². The van der Waals surface area contributed by atoms with Crippen molar-refractivity contribution in [2.75, 3.05) is 24.7 Å². The molecule has 0 aliphatic heterocycles. The van der Waals surface area contributed by atoms with Gasteiger partial charge in [-0.3, -0.25) is 4.79 Å². The molecule has 154 valence electrons. The lowest BCUT2D eigenvalue weighted by Gasteiger charge is -2.22. The second kappa shape index (κ2) is 10.5. The van der Waals surface area contributed by atoms with Crippen LogP contribution >= 0.6 is 0 Å². The molecule has 5 nitrogen and oxygen atoms in total. The van der Waals surface area contributed by atoms with Gasteiger partial charge in [-0.15, -0.1) is 0 Å². The lowest BCUT2D eigenvalue weighted by Crippen LogP contribution is -2.31. The zero-order valence-electron chi connectivity index (χ0n) is 15.9. The summed E-state index contributed by atoms with van der Waals surface area (Å²) in [4.78, 5) is 14.4. The number of anilines is 1. The molecular formula is C21H21F3N2O3. The Hall–Kier alpha value is -3.05. The molecule has 0 unspecified atom stereocenters. The zero-order valence-corrected chi connectivity index (χ0v) is 15.9. The number of carbonyl (C=O) groups is 1. The Morgan fingerprint density at radius 1 is 1.10 bits per heavy atom. The number of amides is 1. The number of rotatable bonds is 9. The average molecular weight is 406 g/mol. The maximum atomic E-state index is 12.9. The van der Waals surface area contributed by atoms with Gasteiger partial charge in [0.25, 0.3) is 5.91 Å². The molecule has 0 atom stereocenters. The second-order valence-corrected chi connectivity index (χ2v) is 6.10. The predicted octanol–water partition coefficient (Wildman–Crippen LogP) is 4.72. The van der Waals surface area contributed by atoms with Gasteiger partial charge in [-0.2, -0.15) is 18.4 Å². The quantitative estimate of drug-likeness (QED) is 0.604. The van der Waals surface area contributed by atoms with E-state index in [1.165, 1.54) is 17.0 Å². The van der Waals surface area contributed by atoms with Crippen LogP contribution in [0.2, 0.25) is 0 Å². The maximum absolute atomic E-state index is 12.9. The molecule has 2 rings (SSSR count). The molecule has 0 radical (unpaired) electrons. The highest BCUT2D eigenvalue weighted by Crippen LogP contribution is 2.22. The van der Waals surface area contributed by atoms with Gasteiger partial charge in [0.1, 0.15) is 12.4 Å². The van der Waals surface area contributed by atoms with E-state index in [-0.39, 0.29) is 25.5 Å². The van der Waals surface area contributed by atoms with Crippen LogP contribution in [0.15, 0.2) is 48.5 Å². The van der Waals surface area contributed by atoms with Crippen molar-refractivity contribution < 1.29 is 27.4 Å². The third-order valence-corrected chi connectivity index (χ3v) is 3.89. The normalized spacial score (nSPS) is 11.0. The third kappa shape index (κ3) is 7.12. The predicted molar refractivity (Wildman–Crippen MR) is 102 cm³/mol. The van der Waals surface area contributed by atoms with Crippen LogP contribution in [-0.4, -0.2) is 31.8 Å². The Labute approximate surface area is 167 Å². The number of nitriles is 1. The van der Waals surface area contributed by atoms with Gasteiger partial charge in [-0.25, -0.2) is 0 Å². The van der Waals surface area contributed by atoms with E-state index in [2.05, 4.69) is 4.74 Å². The summed E-state index contributed by atoms with van der Waals surface area (Å²) in [5, 5.41) is 8.90. The van der Waals surface area contributed by atoms with Crippen molar-refractivity contribution in [2.45, 2.75) is 26.1 Å². The van der Waals surface area contributed by atoms with E-state index >= 15 is 0 Å². The molecule has 0 spiro atoms. The summed E-state index contributed by atoms with van der Waals surface area (Å²) >= 11 is 0. The summed E-state index contributed by atoms with van der Waals surface area (Å²) in [5.74, 6) is 0.360. The highest BCUT2D eigenvalue weighted by Gasteiger charge is 2.27. The van der Waals surface area contributed by atoms with Crippen LogP contribution in [-0.2, 0) is 11.3 Å². The Balaban J connectivity index is 2.11. The molecule has 29 heavy (non-hydrogen) atoms. The summed E-state index contributed by atoms with van der Waals surface area (Å²) in [7, 11) is 0. The summed E-state index contributed by atoms with van der Waals surface area (Å²) in [6, 6.07) is 15.1. The van der Waals surface area contributed by atoms with Crippen molar-refractivity contribution >= 4 is 11.6 Å². The van der Waals surface area contributed by atoms with E-state index in [4.69, 9.17) is 10.00 Å². The summed E-state index contributed by atoms with van der Waals surface area (Å²) in [5.41, 5.74) is 1.50. The Morgan fingerprint density at radius 3 is 2.31 bits per heavy atom. The summed E-state index contributed by atoms with van der Waals surface area (Å²) in [6.07, 6.45) is -4.23. The average Bonchev–Trinajstić information content (AvgIpc) is 2.69. The number of alkyl halides is 3. The summed E-state index contributed by atoms with van der Waals surface area (Å²) < 4.78 is 46.4. The molecule has 0 aliphatic rings. The van der Waals surface area contributed by atoms with Crippen LogP contribution in [0.4, 0.5) is 18.9 Å². The molecule has 0 heterocycles. The molecule has 0 fully saturated rings. The van der Waals surface area contributed by atoms with E-state index in [9.17, 15) is 18.0 Å². The first-order chi connectivity index (χ1) is 13.8.